The van der Waals surface area contributed by atoms with Crippen LogP contribution in [0.2, 0.25) is 0 Å². The van der Waals surface area contributed by atoms with Crippen molar-refractivity contribution < 1.29 is 22.7 Å². The summed E-state index contributed by atoms with van der Waals surface area (Å²) in [7, 11) is -3.11. The molecule has 0 aliphatic carbocycles. The maximum absolute atomic E-state index is 12.3. The second-order valence-electron chi connectivity index (χ2n) is 10.6. The Morgan fingerprint density at radius 3 is 2.56 bits per heavy atom. The van der Waals surface area contributed by atoms with Crippen molar-refractivity contribution in [2.45, 2.75) is 77.5 Å². The molecule has 4 atom stereocenters. The predicted octanol–water partition coefficient (Wildman–Crippen LogP) is 4.61. The molecule has 0 saturated heterocycles. The van der Waals surface area contributed by atoms with E-state index in [4.69, 9.17) is 20.2 Å². The van der Waals surface area contributed by atoms with Crippen molar-refractivity contribution in [3.8, 4) is 5.88 Å². The highest BCUT2D eigenvalue weighted by atomic mass is 32.2. The van der Waals surface area contributed by atoms with E-state index in [9.17, 15) is 13.2 Å². The average molecular weight is 556 g/mol. The van der Waals surface area contributed by atoms with Gasteiger partial charge in [0, 0.05) is 30.1 Å². The van der Waals surface area contributed by atoms with Crippen LogP contribution in [-0.4, -0.2) is 53.6 Å². The first-order chi connectivity index (χ1) is 18.3. The summed E-state index contributed by atoms with van der Waals surface area (Å²) in [6, 6.07) is 5.33. The Kier molecular flexibility index (Phi) is 8.13. The van der Waals surface area contributed by atoms with E-state index in [-0.39, 0.29) is 29.8 Å². The second-order valence-corrected chi connectivity index (χ2v) is 12.8. The SMILES string of the molecule is CC[C@H](CCS(C)(=O)=O)Oc1ncc(C(C)(N)CC)c2cc(Nc3ccc4c(n3)[C@@H](C)[C@H](C)OC4=O)ncc12. The van der Waals surface area contributed by atoms with Crippen LogP contribution in [0.25, 0.3) is 10.8 Å². The van der Waals surface area contributed by atoms with Gasteiger partial charge in [-0.05, 0) is 62.3 Å². The summed E-state index contributed by atoms with van der Waals surface area (Å²) in [4.78, 5) is 26.1. The lowest BCUT2D eigenvalue weighted by atomic mass is 9.88. The Morgan fingerprint density at radius 2 is 1.90 bits per heavy atom. The first kappa shape index (κ1) is 28.7. The Labute approximate surface area is 229 Å². The molecule has 3 aromatic heterocycles. The van der Waals surface area contributed by atoms with Crippen LogP contribution in [0.5, 0.6) is 5.88 Å². The van der Waals surface area contributed by atoms with Crippen LogP contribution in [0.15, 0.2) is 30.6 Å². The summed E-state index contributed by atoms with van der Waals surface area (Å²) in [5, 5.41) is 4.77. The molecule has 210 valence electrons. The molecule has 0 aromatic carbocycles. The molecule has 11 heteroatoms. The Morgan fingerprint density at radius 1 is 1.15 bits per heavy atom. The van der Waals surface area contributed by atoms with Gasteiger partial charge in [0.1, 0.15) is 33.7 Å². The highest BCUT2D eigenvalue weighted by Gasteiger charge is 2.31. The molecule has 1 aliphatic rings. The van der Waals surface area contributed by atoms with Crippen LogP contribution in [0.1, 0.15) is 81.4 Å². The van der Waals surface area contributed by atoms with E-state index in [1.54, 1.807) is 24.5 Å². The van der Waals surface area contributed by atoms with E-state index in [1.165, 1.54) is 6.26 Å². The number of nitrogens with one attached hydrogen (secondary N) is 1. The molecule has 0 spiro atoms. The zero-order valence-electron chi connectivity index (χ0n) is 23.3. The lowest BCUT2D eigenvalue weighted by Crippen LogP contribution is -2.32. The maximum atomic E-state index is 12.3. The number of fused-ring (bicyclic) bond motifs is 2. The number of hydrogen-bond donors (Lipinski definition) is 2. The molecule has 0 saturated carbocycles. The summed E-state index contributed by atoms with van der Waals surface area (Å²) >= 11 is 0. The lowest BCUT2D eigenvalue weighted by molar-refractivity contribution is 0.0235. The van der Waals surface area contributed by atoms with Crippen molar-refractivity contribution >= 4 is 38.2 Å². The molecule has 1 unspecified atom stereocenters. The van der Waals surface area contributed by atoms with E-state index < -0.39 is 15.4 Å². The third-order valence-electron chi connectivity index (χ3n) is 7.46. The van der Waals surface area contributed by atoms with Gasteiger partial charge in [-0.1, -0.05) is 20.8 Å². The number of pyridine rings is 3. The Balaban J connectivity index is 1.71. The molecule has 0 amide bonds. The number of anilines is 2. The van der Waals surface area contributed by atoms with Crippen LogP contribution >= 0.6 is 0 Å². The number of hydrogen-bond acceptors (Lipinski definition) is 10. The van der Waals surface area contributed by atoms with Gasteiger partial charge in [0.05, 0.1) is 22.4 Å². The van der Waals surface area contributed by atoms with Crippen LogP contribution in [-0.2, 0) is 20.1 Å². The third-order valence-corrected chi connectivity index (χ3v) is 8.44. The van der Waals surface area contributed by atoms with E-state index >= 15 is 0 Å². The highest BCUT2D eigenvalue weighted by Crippen LogP contribution is 2.35. The van der Waals surface area contributed by atoms with Crippen molar-refractivity contribution in [2.24, 2.45) is 5.73 Å². The molecule has 0 radical (unpaired) electrons. The Bertz CT molecular complexity index is 1490. The second kappa shape index (κ2) is 11.1. The zero-order chi connectivity index (χ0) is 28.5. The van der Waals surface area contributed by atoms with Gasteiger partial charge in [0.2, 0.25) is 5.88 Å². The van der Waals surface area contributed by atoms with Gasteiger partial charge in [0.15, 0.2) is 0 Å². The first-order valence-corrected chi connectivity index (χ1v) is 15.3. The number of sulfone groups is 1. The molecule has 4 rings (SSSR count). The van der Waals surface area contributed by atoms with Crippen molar-refractivity contribution in [3.63, 3.8) is 0 Å². The fourth-order valence-corrected chi connectivity index (χ4v) is 5.21. The topological polar surface area (TPSA) is 146 Å². The van der Waals surface area contributed by atoms with Gasteiger partial charge in [-0.25, -0.2) is 28.2 Å². The van der Waals surface area contributed by atoms with Crippen LogP contribution in [0.3, 0.4) is 0 Å². The molecule has 3 N–H and O–H groups in total. The number of esters is 1. The van der Waals surface area contributed by atoms with Crippen LogP contribution in [0, 0.1) is 0 Å². The quantitative estimate of drug-likeness (QED) is 0.340. The normalized spacial score (nSPS) is 19.6. The summed E-state index contributed by atoms with van der Waals surface area (Å²) in [6.07, 6.45) is 5.72. The number of nitrogens with two attached hydrogens (primary N) is 1. The monoisotopic (exact) mass is 555 g/mol. The van der Waals surface area contributed by atoms with Gasteiger partial charge in [-0.2, -0.15) is 0 Å². The van der Waals surface area contributed by atoms with Crippen LogP contribution in [0.4, 0.5) is 11.6 Å². The molecule has 3 aromatic rings. The van der Waals surface area contributed by atoms with Gasteiger partial charge in [0.25, 0.3) is 0 Å². The number of ether oxygens (including phenoxy) is 2. The summed E-state index contributed by atoms with van der Waals surface area (Å²) in [5.41, 5.74) is 7.99. The summed E-state index contributed by atoms with van der Waals surface area (Å²) in [5.74, 6) is 1.11. The minimum atomic E-state index is -3.11. The fraction of sp³-hybridized carbons (Fsp3) is 0.500. The molecule has 39 heavy (non-hydrogen) atoms. The van der Waals surface area contributed by atoms with Crippen molar-refractivity contribution in [1.29, 1.82) is 0 Å². The van der Waals surface area contributed by atoms with E-state index in [0.29, 0.717) is 53.4 Å². The van der Waals surface area contributed by atoms with E-state index in [2.05, 4.69) is 15.3 Å². The van der Waals surface area contributed by atoms with Crippen molar-refractivity contribution in [1.82, 2.24) is 15.0 Å². The van der Waals surface area contributed by atoms with Gasteiger partial charge in [-0.15, -0.1) is 0 Å². The molecule has 1 aliphatic heterocycles. The minimum Gasteiger partial charge on any atom is -0.474 e. The number of carbonyl (C=O) groups is 1. The lowest BCUT2D eigenvalue weighted by Gasteiger charge is -2.27. The van der Waals surface area contributed by atoms with E-state index in [0.717, 1.165) is 10.9 Å². The number of carbonyl (C=O) groups excluding carboxylic acids is 1. The molecular formula is C28H37N5O5S. The molecule has 0 fully saturated rings. The minimum absolute atomic E-state index is 0.0352. The number of aromatic nitrogens is 3. The standard InChI is InChI=1S/C28H37N5O5S/c1-7-18(11-12-39(6,35)36)38-26-21-14-30-24(13-20(21)22(15-31-26)28(5,29)8-2)32-23-10-9-19-25(33-23)16(3)17(4)37-27(19)34/h9-10,13-18H,7-8,11-12,29H2,1-6H3,(H,30,32,33)/t16-,17-,18+,28?/m0/s1. The maximum Gasteiger partial charge on any atom is 0.340 e. The van der Waals surface area contributed by atoms with E-state index in [1.807, 2.05) is 40.7 Å². The number of rotatable bonds is 10. The van der Waals surface area contributed by atoms with Gasteiger partial charge in [-0.3, -0.25) is 0 Å². The zero-order valence-corrected chi connectivity index (χ0v) is 24.1. The van der Waals surface area contributed by atoms with Crippen molar-refractivity contribution in [2.75, 3.05) is 17.3 Å². The highest BCUT2D eigenvalue weighted by molar-refractivity contribution is 7.90. The predicted molar refractivity (Wildman–Crippen MR) is 151 cm³/mol. The third kappa shape index (κ3) is 6.30. The molecule has 10 nitrogen and oxygen atoms in total. The largest absolute Gasteiger partial charge is 0.474 e. The fourth-order valence-electron chi connectivity index (χ4n) is 4.52. The van der Waals surface area contributed by atoms with Gasteiger partial charge >= 0.3 is 5.97 Å². The van der Waals surface area contributed by atoms with Crippen molar-refractivity contribution in [3.05, 3.63) is 47.4 Å². The molecule has 0 bridgehead atoms. The number of cyclic esters (lactones) is 1. The van der Waals surface area contributed by atoms with Gasteiger partial charge < -0.3 is 20.5 Å². The number of nitrogens with zero attached hydrogens (tertiary/aromatic N) is 3. The molecule has 4 heterocycles. The average Bonchev–Trinajstić information content (AvgIpc) is 2.88. The van der Waals surface area contributed by atoms with Crippen LogP contribution < -0.4 is 15.8 Å². The smallest absolute Gasteiger partial charge is 0.340 e. The summed E-state index contributed by atoms with van der Waals surface area (Å²) < 4.78 is 35.0. The first-order valence-electron chi connectivity index (χ1n) is 13.2. The summed E-state index contributed by atoms with van der Waals surface area (Å²) in [6.45, 7) is 9.75. The Hall–Kier alpha value is -3.31. The molecular weight excluding hydrogens is 518 g/mol.